The zero-order valence-electron chi connectivity index (χ0n) is 11.4. The van der Waals surface area contributed by atoms with Crippen molar-refractivity contribution in [1.82, 2.24) is 10.2 Å². The Hall–Kier alpha value is -1.21. The summed E-state index contributed by atoms with van der Waals surface area (Å²) in [7, 11) is 3.41. The van der Waals surface area contributed by atoms with Crippen LogP contribution in [0.3, 0.4) is 0 Å². The first-order valence-electron chi connectivity index (χ1n) is 5.46. The Labute approximate surface area is 119 Å². The molecule has 0 rings (SSSR count). The summed E-state index contributed by atoms with van der Waals surface area (Å²) in [6.45, 7) is 7.66. The van der Waals surface area contributed by atoms with Crippen LogP contribution in [0.5, 0.6) is 0 Å². The first kappa shape index (κ1) is 22.9. The maximum absolute atomic E-state index is 10.6. The molecule has 0 saturated carbocycles. The van der Waals surface area contributed by atoms with Crippen molar-refractivity contribution in [3.8, 4) is 0 Å². The number of amides is 1. The molecule has 0 aliphatic carbocycles. The zero-order chi connectivity index (χ0) is 15.7. The molecular weight excluding hydrogens is 272 g/mol. The number of nitrogens with one attached hydrogen (secondary N) is 1. The van der Waals surface area contributed by atoms with E-state index in [0.717, 1.165) is 6.08 Å². The molecule has 0 fully saturated rings. The summed E-state index contributed by atoms with van der Waals surface area (Å²) in [6, 6.07) is 0. The predicted molar refractivity (Wildman–Crippen MR) is 77.0 cm³/mol. The number of nitrogens with zero attached hydrogens (tertiary/aromatic N) is 1. The smallest absolute Gasteiger partial charge is 0.245 e. The highest BCUT2D eigenvalue weighted by atomic mass is 35.5. The van der Waals surface area contributed by atoms with Gasteiger partial charge in [-0.2, -0.15) is 0 Å². The van der Waals surface area contributed by atoms with E-state index in [1.54, 1.807) is 14.1 Å². The highest BCUT2D eigenvalue weighted by Crippen LogP contribution is 1.82. The number of carbonyl (C=O) groups is 2. The van der Waals surface area contributed by atoms with Gasteiger partial charge in [0.15, 0.2) is 0 Å². The number of aliphatic hydroxyl groups is 2. The van der Waals surface area contributed by atoms with Gasteiger partial charge in [-0.3, -0.25) is 9.59 Å². The van der Waals surface area contributed by atoms with Crippen LogP contribution >= 0.6 is 11.6 Å². The molecule has 3 N–H and O–H groups in total. The Kier molecular flexibility index (Phi) is 23.1. The fraction of sp³-hybridized carbons (Fsp3) is 0.500. The van der Waals surface area contributed by atoms with Crippen LogP contribution in [-0.4, -0.2) is 66.7 Å². The molecule has 6 nitrogen and oxygen atoms in total. The van der Waals surface area contributed by atoms with E-state index in [1.165, 1.54) is 11.0 Å². The van der Waals surface area contributed by atoms with E-state index in [2.05, 4.69) is 18.5 Å². The second kappa shape index (κ2) is 19.1. The summed E-state index contributed by atoms with van der Waals surface area (Å²) >= 11 is 4.71. The number of hydrogen-bond donors (Lipinski definition) is 3. The lowest BCUT2D eigenvalue weighted by Crippen LogP contribution is -2.27. The molecule has 7 heteroatoms. The monoisotopic (exact) mass is 294 g/mol. The van der Waals surface area contributed by atoms with E-state index >= 15 is 0 Å². The van der Waals surface area contributed by atoms with Crippen LogP contribution in [0.4, 0.5) is 0 Å². The normalized spacial score (nSPS) is 8.05. The highest BCUT2D eigenvalue weighted by molar-refractivity contribution is 6.66. The molecule has 0 heterocycles. The number of aliphatic hydroxyl groups excluding tert-OH is 2. The van der Waals surface area contributed by atoms with Gasteiger partial charge in [0, 0.05) is 20.1 Å². The molecule has 0 atom stereocenters. The van der Waals surface area contributed by atoms with Gasteiger partial charge in [-0.15, -0.1) is 0 Å². The van der Waals surface area contributed by atoms with Crippen LogP contribution < -0.4 is 5.32 Å². The number of allylic oxidation sites excluding steroid dienone is 1. The summed E-state index contributed by atoms with van der Waals surface area (Å²) < 4.78 is 0. The predicted octanol–water partition coefficient (Wildman–Crippen LogP) is -0.241. The largest absolute Gasteiger partial charge is 0.395 e. The molecule has 0 bridgehead atoms. The zero-order valence-corrected chi connectivity index (χ0v) is 12.2. The maximum Gasteiger partial charge on any atom is 0.245 e. The summed E-state index contributed by atoms with van der Waals surface area (Å²) in [4.78, 5) is 21.5. The van der Waals surface area contributed by atoms with E-state index in [1.807, 2.05) is 0 Å². The second-order valence-electron chi connectivity index (χ2n) is 3.02. The van der Waals surface area contributed by atoms with Crippen molar-refractivity contribution >= 4 is 22.8 Å². The van der Waals surface area contributed by atoms with Gasteiger partial charge in [-0.25, -0.2) is 0 Å². The lowest BCUT2D eigenvalue weighted by molar-refractivity contribution is -0.125. The minimum absolute atomic E-state index is 0.00389. The standard InChI is InChI=1S/C6H11NO2.C3H3ClO.C3H9NO/c1-3-6(9)7(2)4-5-8;1-2-3(4)5;1-4-2-3-5/h3,8H,1,4-5H2,2H3;2H,1H2;4-5H,2-3H2,1H3. The minimum atomic E-state index is -0.509. The van der Waals surface area contributed by atoms with Gasteiger partial charge in [0.2, 0.25) is 11.1 Å². The van der Waals surface area contributed by atoms with E-state index in [-0.39, 0.29) is 19.1 Å². The lowest BCUT2D eigenvalue weighted by atomic mass is 10.5. The third-order valence-corrected chi connectivity index (χ3v) is 1.66. The van der Waals surface area contributed by atoms with Gasteiger partial charge in [0.05, 0.1) is 13.2 Å². The van der Waals surface area contributed by atoms with E-state index in [4.69, 9.17) is 21.8 Å². The third-order valence-electron chi connectivity index (χ3n) is 1.51. The van der Waals surface area contributed by atoms with E-state index in [0.29, 0.717) is 13.1 Å². The third kappa shape index (κ3) is 26.4. The van der Waals surface area contributed by atoms with Crippen molar-refractivity contribution < 1.29 is 19.8 Å². The van der Waals surface area contributed by atoms with Crippen molar-refractivity contribution in [1.29, 1.82) is 0 Å². The number of hydrogen-bond acceptors (Lipinski definition) is 5. The van der Waals surface area contributed by atoms with Crippen molar-refractivity contribution in [2.75, 3.05) is 40.4 Å². The maximum atomic E-state index is 10.6. The number of likely N-dealkylation sites (N-methyl/N-ethyl adjacent to an activating group) is 2. The van der Waals surface area contributed by atoms with Crippen molar-refractivity contribution in [3.05, 3.63) is 25.3 Å². The fourth-order valence-electron chi connectivity index (χ4n) is 0.528. The minimum Gasteiger partial charge on any atom is -0.395 e. The molecule has 1 amide bonds. The Balaban J connectivity index is -0.000000219. The van der Waals surface area contributed by atoms with E-state index < -0.39 is 5.24 Å². The fourth-order valence-corrected chi connectivity index (χ4v) is 0.528. The first-order valence-corrected chi connectivity index (χ1v) is 5.84. The number of carbonyl (C=O) groups excluding carboxylic acids is 2. The van der Waals surface area contributed by atoms with Crippen LogP contribution in [0.2, 0.25) is 0 Å². The Morgan fingerprint density at radius 3 is 1.89 bits per heavy atom. The summed E-state index contributed by atoms with van der Waals surface area (Å²) in [6.07, 6.45) is 2.26. The lowest BCUT2D eigenvalue weighted by Gasteiger charge is -2.11. The molecule has 19 heavy (non-hydrogen) atoms. The van der Waals surface area contributed by atoms with Gasteiger partial charge in [0.25, 0.3) is 0 Å². The Morgan fingerprint density at radius 1 is 1.26 bits per heavy atom. The van der Waals surface area contributed by atoms with Crippen LogP contribution in [0.25, 0.3) is 0 Å². The molecule has 0 aromatic carbocycles. The molecule has 0 radical (unpaired) electrons. The van der Waals surface area contributed by atoms with E-state index in [9.17, 15) is 9.59 Å². The first-order chi connectivity index (χ1) is 8.90. The van der Waals surface area contributed by atoms with Crippen molar-refractivity contribution in [2.24, 2.45) is 0 Å². The van der Waals surface area contributed by atoms with Gasteiger partial charge < -0.3 is 20.4 Å². The molecule has 0 aliphatic heterocycles. The second-order valence-corrected chi connectivity index (χ2v) is 3.40. The molecule has 112 valence electrons. The van der Waals surface area contributed by atoms with Crippen LogP contribution in [0.15, 0.2) is 25.3 Å². The van der Waals surface area contributed by atoms with Gasteiger partial charge in [-0.1, -0.05) is 13.2 Å². The van der Waals surface area contributed by atoms with Gasteiger partial charge in [0.1, 0.15) is 0 Å². The number of halogens is 1. The van der Waals surface area contributed by atoms with Crippen LogP contribution in [-0.2, 0) is 9.59 Å². The van der Waals surface area contributed by atoms with Crippen LogP contribution in [0.1, 0.15) is 0 Å². The molecule has 0 spiro atoms. The Bertz CT molecular complexity index is 258. The Morgan fingerprint density at radius 2 is 1.74 bits per heavy atom. The van der Waals surface area contributed by atoms with Crippen LogP contribution in [0, 0.1) is 0 Å². The molecule has 0 unspecified atom stereocenters. The van der Waals surface area contributed by atoms with Crippen molar-refractivity contribution in [3.63, 3.8) is 0 Å². The quantitative estimate of drug-likeness (QED) is 0.465. The van der Waals surface area contributed by atoms with Crippen molar-refractivity contribution in [2.45, 2.75) is 0 Å². The van der Waals surface area contributed by atoms with Gasteiger partial charge in [-0.05, 0) is 30.8 Å². The number of rotatable bonds is 6. The SMILES string of the molecule is C=CC(=O)Cl.C=CC(=O)N(C)CCO.CNCCO. The topological polar surface area (TPSA) is 89.9 Å². The molecule has 0 saturated heterocycles. The average molecular weight is 295 g/mol. The summed E-state index contributed by atoms with van der Waals surface area (Å²) in [5.41, 5.74) is 0. The molecule has 0 aromatic heterocycles. The summed E-state index contributed by atoms with van der Waals surface area (Å²) in [5.74, 6) is -0.163. The highest BCUT2D eigenvalue weighted by Gasteiger charge is 1.99. The molecular formula is C12H23ClN2O4. The molecule has 0 aliphatic rings. The average Bonchev–Trinajstić information content (AvgIpc) is 2.40. The summed E-state index contributed by atoms with van der Waals surface area (Å²) in [5, 5.41) is 18.6. The van der Waals surface area contributed by atoms with Gasteiger partial charge >= 0.3 is 0 Å². The molecule has 0 aromatic rings.